The average Bonchev–Trinajstić information content (AvgIpc) is 3.27. The number of hydrogen-bond acceptors (Lipinski definition) is 5. The highest BCUT2D eigenvalue weighted by Crippen LogP contribution is 2.17. The number of amides is 1. The molecule has 2 unspecified atom stereocenters. The molecule has 2 atom stereocenters. The van der Waals surface area contributed by atoms with E-state index in [4.69, 9.17) is 4.74 Å². The second kappa shape index (κ2) is 52.0. The Labute approximate surface area is 386 Å². The number of aliphatic hydroxyl groups excluding tert-OH is 2. The Kier molecular flexibility index (Phi) is 50.6. The number of nitrogens with one attached hydrogen (secondary N) is 1. The monoisotopic (exact) mass is 874 g/mol. The van der Waals surface area contributed by atoms with E-state index in [1.165, 1.54) is 193 Å². The molecule has 0 aromatic rings. The van der Waals surface area contributed by atoms with Gasteiger partial charge in [0, 0.05) is 12.8 Å². The summed E-state index contributed by atoms with van der Waals surface area (Å²) in [6.45, 7) is 4.87. The van der Waals surface area contributed by atoms with E-state index < -0.39 is 12.1 Å². The van der Waals surface area contributed by atoms with Gasteiger partial charge >= 0.3 is 5.97 Å². The molecule has 366 valence electrons. The number of carbonyl (C=O) groups is 2. The van der Waals surface area contributed by atoms with Crippen LogP contribution in [0.1, 0.15) is 296 Å². The van der Waals surface area contributed by atoms with Gasteiger partial charge < -0.3 is 20.3 Å². The van der Waals surface area contributed by atoms with Crippen LogP contribution in [0.2, 0.25) is 0 Å². The number of rotatable bonds is 51. The summed E-state index contributed by atoms with van der Waals surface area (Å²) in [5.74, 6) is -0.137. The molecule has 0 fully saturated rings. The SMILES string of the molecule is CCCCCCCC/C=C\CCCCCCCC(=O)OCCCCCC/C=C\CCCC(=O)NC(CO)C(O)CCCCCCCCCCCCCCCCCCCCCCC. The fraction of sp³-hybridized carbons (Fsp3) is 0.893. The van der Waals surface area contributed by atoms with Gasteiger partial charge in [-0.05, 0) is 70.6 Å². The summed E-state index contributed by atoms with van der Waals surface area (Å²) >= 11 is 0. The summed E-state index contributed by atoms with van der Waals surface area (Å²) in [5, 5.41) is 23.3. The van der Waals surface area contributed by atoms with Crippen molar-refractivity contribution in [3.63, 3.8) is 0 Å². The van der Waals surface area contributed by atoms with E-state index in [1.54, 1.807) is 0 Å². The van der Waals surface area contributed by atoms with Crippen molar-refractivity contribution in [3.05, 3.63) is 24.3 Å². The van der Waals surface area contributed by atoms with Gasteiger partial charge in [-0.25, -0.2) is 0 Å². The number of carbonyl (C=O) groups excluding carboxylic acids is 2. The molecule has 0 aromatic carbocycles. The summed E-state index contributed by atoms with van der Waals surface area (Å²) < 4.78 is 5.44. The van der Waals surface area contributed by atoms with E-state index >= 15 is 0 Å². The van der Waals surface area contributed by atoms with Crippen LogP contribution in [0.5, 0.6) is 0 Å². The van der Waals surface area contributed by atoms with Crippen molar-refractivity contribution < 1.29 is 24.5 Å². The number of allylic oxidation sites excluding steroid dienone is 4. The van der Waals surface area contributed by atoms with Crippen LogP contribution in [-0.4, -0.2) is 47.4 Å². The van der Waals surface area contributed by atoms with Crippen molar-refractivity contribution >= 4 is 11.9 Å². The lowest BCUT2D eigenvalue weighted by Gasteiger charge is -2.22. The summed E-state index contributed by atoms with van der Waals surface area (Å²) in [7, 11) is 0. The van der Waals surface area contributed by atoms with Crippen molar-refractivity contribution in [2.75, 3.05) is 13.2 Å². The molecule has 3 N–H and O–H groups in total. The molecule has 6 heteroatoms. The first-order chi connectivity index (χ1) is 30.5. The highest BCUT2D eigenvalue weighted by molar-refractivity contribution is 5.76. The van der Waals surface area contributed by atoms with E-state index in [0.717, 1.165) is 70.6 Å². The normalized spacial score (nSPS) is 12.8. The Morgan fingerprint density at radius 3 is 1.18 bits per heavy atom. The van der Waals surface area contributed by atoms with Gasteiger partial charge in [0.15, 0.2) is 0 Å². The average molecular weight is 874 g/mol. The van der Waals surface area contributed by atoms with Gasteiger partial charge in [-0.1, -0.05) is 237 Å². The predicted molar refractivity (Wildman–Crippen MR) is 269 cm³/mol. The van der Waals surface area contributed by atoms with E-state index in [1.807, 2.05) is 0 Å². The molecule has 0 saturated heterocycles. The first-order valence-electron chi connectivity index (χ1n) is 27.6. The molecule has 0 heterocycles. The molecule has 0 spiro atoms. The van der Waals surface area contributed by atoms with Crippen LogP contribution in [0.25, 0.3) is 0 Å². The van der Waals surface area contributed by atoms with E-state index in [2.05, 4.69) is 43.5 Å². The van der Waals surface area contributed by atoms with E-state index in [-0.39, 0.29) is 18.5 Å². The molecular formula is C56H107NO5. The Balaban J connectivity index is 3.53. The van der Waals surface area contributed by atoms with Gasteiger partial charge in [0.25, 0.3) is 0 Å². The van der Waals surface area contributed by atoms with Crippen LogP contribution in [0.4, 0.5) is 0 Å². The Bertz CT molecular complexity index is 966. The first-order valence-corrected chi connectivity index (χ1v) is 27.6. The van der Waals surface area contributed by atoms with E-state index in [0.29, 0.717) is 25.9 Å². The van der Waals surface area contributed by atoms with Crippen LogP contribution in [0, 0.1) is 0 Å². The van der Waals surface area contributed by atoms with Gasteiger partial charge in [0.2, 0.25) is 5.91 Å². The number of hydrogen-bond donors (Lipinski definition) is 3. The van der Waals surface area contributed by atoms with Crippen molar-refractivity contribution in [2.45, 2.75) is 309 Å². The molecular weight excluding hydrogens is 767 g/mol. The zero-order chi connectivity index (χ0) is 45.1. The fourth-order valence-corrected chi connectivity index (χ4v) is 8.46. The number of esters is 1. The van der Waals surface area contributed by atoms with Gasteiger partial charge in [-0.2, -0.15) is 0 Å². The summed E-state index contributed by atoms with van der Waals surface area (Å²) in [6.07, 6.45) is 61.7. The van der Waals surface area contributed by atoms with Gasteiger partial charge in [0.1, 0.15) is 0 Å². The van der Waals surface area contributed by atoms with Gasteiger partial charge in [-0.15, -0.1) is 0 Å². The van der Waals surface area contributed by atoms with Crippen LogP contribution in [0.15, 0.2) is 24.3 Å². The van der Waals surface area contributed by atoms with Crippen LogP contribution < -0.4 is 5.32 Å². The molecule has 0 aromatic heterocycles. The van der Waals surface area contributed by atoms with E-state index in [9.17, 15) is 19.8 Å². The Morgan fingerprint density at radius 1 is 0.435 bits per heavy atom. The minimum Gasteiger partial charge on any atom is -0.466 e. The molecule has 0 radical (unpaired) electrons. The van der Waals surface area contributed by atoms with Gasteiger partial charge in [0.05, 0.1) is 25.4 Å². The molecule has 1 amide bonds. The standard InChI is InChI=1S/C56H107NO5/c1-3-5-7-9-11-13-15-17-19-20-21-22-23-24-26-27-29-32-36-40-44-48-54(59)53(52-58)57-55(60)49-45-41-37-33-31-35-39-43-47-51-62-56(61)50-46-42-38-34-30-28-25-18-16-14-12-10-8-6-4-2/h18,25,33,37,53-54,58-59H,3-17,19-24,26-32,34-36,38-52H2,1-2H3,(H,57,60)/b25-18-,37-33-. The van der Waals surface area contributed by atoms with Crippen molar-refractivity contribution in [2.24, 2.45) is 0 Å². The van der Waals surface area contributed by atoms with Crippen LogP contribution in [0.3, 0.4) is 0 Å². The molecule has 0 aliphatic carbocycles. The minimum absolute atomic E-state index is 0.0430. The maximum atomic E-state index is 12.5. The molecule has 0 bridgehead atoms. The second-order valence-electron chi connectivity index (χ2n) is 18.9. The minimum atomic E-state index is -0.696. The third-order valence-corrected chi connectivity index (χ3v) is 12.7. The summed E-state index contributed by atoms with van der Waals surface area (Å²) in [4.78, 5) is 24.5. The quantitative estimate of drug-likeness (QED) is 0.0321. The maximum Gasteiger partial charge on any atom is 0.305 e. The van der Waals surface area contributed by atoms with Crippen molar-refractivity contribution in [1.82, 2.24) is 5.32 Å². The lowest BCUT2D eigenvalue weighted by atomic mass is 10.0. The van der Waals surface area contributed by atoms with Crippen LogP contribution in [-0.2, 0) is 14.3 Å². The zero-order valence-corrected chi connectivity index (χ0v) is 41.6. The number of ether oxygens (including phenoxy) is 1. The molecule has 0 aliphatic rings. The third-order valence-electron chi connectivity index (χ3n) is 12.7. The smallest absolute Gasteiger partial charge is 0.305 e. The fourth-order valence-electron chi connectivity index (χ4n) is 8.46. The topological polar surface area (TPSA) is 95.9 Å². The maximum absolute atomic E-state index is 12.5. The van der Waals surface area contributed by atoms with Crippen molar-refractivity contribution in [3.8, 4) is 0 Å². The summed E-state index contributed by atoms with van der Waals surface area (Å²) in [5.41, 5.74) is 0. The van der Waals surface area contributed by atoms with Crippen molar-refractivity contribution in [1.29, 1.82) is 0 Å². The number of aliphatic hydroxyl groups is 2. The Morgan fingerprint density at radius 2 is 0.774 bits per heavy atom. The molecule has 0 saturated carbocycles. The molecule has 0 aliphatic heterocycles. The largest absolute Gasteiger partial charge is 0.466 e. The highest BCUT2D eigenvalue weighted by Gasteiger charge is 2.20. The molecule has 62 heavy (non-hydrogen) atoms. The third kappa shape index (κ3) is 47.8. The predicted octanol–water partition coefficient (Wildman–Crippen LogP) is 16.7. The molecule has 0 rings (SSSR count). The lowest BCUT2D eigenvalue weighted by molar-refractivity contribution is -0.143. The van der Waals surface area contributed by atoms with Crippen LogP contribution >= 0.6 is 0 Å². The van der Waals surface area contributed by atoms with Gasteiger partial charge in [-0.3, -0.25) is 9.59 Å². The second-order valence-corrected chi connectivity index (χ2v) is 18.9. The first kappa shape index (κ1) is 60.3. The lowest BCUT2D eigenvalue weighted by Crippen LogP contribution is -2.45. The Hall–Kier alpha value is -1.66. The molecule has 6 nitrogen and oxygen atoms in total. The summed E-state index contributed by atoms with van der Waals surface area (Å²) in [6, 6.07) is -0.580. The number of unbranched alkanes of at least 4 members (excludes halogenated alkanes) is 36. The highest BCUT2D eigenvalue weighted by atomic mass is 16.5. The zero-order valence-electron chi connectivity index (χ0n) is 41.6.